The van der Waals surface area contributed by atoms with Crippen LogP contribution in [0.25, 0.3) is 10.9 Å². The van der Waals surface area contributed by atoms with Crippen molar-refractivity contribution < 1.29 is 14.1 Å². The molecule has 1 aromatic heterocycles. The number of anilines is 3. The Morgan fingerprint density at radius 2 is 2.04 bits per heavy atom. The Morgan fingerprint density at radius 1 is 1.24 bits per heavy atom. The molecule has 0 aliphatic carbocycles. The molecule has 3 aromatic rings. The number of hydrazine groups is 1. The topological polar surface area (TPSA) is 128 Å². The minimum atomic E-state index is -0.552. The van der Waals surface area contributed by atoms with Gasteiger partial charge in [0.05, 0.1) is 34.3 Å². The lowest BCUT2D eigenvalue weighted by atomic mass is 10.2. The van der Waals surface area contributed by atoms with Crippen LogP contribution in [0, 0.1) is 15.9 Å². The molecule has 0 unspecified atom stereocenters. The lowest BCUT2D eigenvalue weighted by molar-refractivity contribution is -0.385. The molecule has 0 fully saturated rings. The molecule has 1 heterocycles. The third kappa shape index (κ3) is 3.17. The number of fused-ring (bicyclic) bond motifs is 1. The third-order valence-corrected chi connectivity index (χ3v) is 3.45. The summed E-state index contributed by atoms with van der Waals surface area (Å²) in [4.78, 5) is 18.8. The van der Waals surface area contributed by atoms with Crippen molar-refractivity contribution in [1.29, 1.82) is 0 Å². The quantitative estimate of drug-likeness (QED) is 0.366. The number of ether oxygens (including phenoxy) is 1. The summed E-state index contributed by atoms with van der Waals surface area (Å²) in [6.45, 7) is 0. The maximum atomic E-state index is 13.2. The number of nitrogens with two attached hydrogens (primary N) is 1. The second-order valence-corrected chi connectivity index (χ2v) is 5.01. The van der Waals surface area contributed by atoms with Gasteiger partial charge in [-0.1, -0.05) is 0 Å². The second kappa shape index (κ2) is 6.43. The number of nitrogen functional groups attached to an aromatic ring is 1. The lowest BCUT2D eigenvalue weighted by Crippen LogP contribution is -2.11. The van der Waals surface area contributed by atoms with Crippen LogP contribution in [-0.4, -0.2) is 22.0 Å². The van der Waals surface area contributed by atoms with Crippen LogP contribution in [0.3, 0.4) is 0 Å². The molecule has 0 aliphatic heterocycles. The van der Waals surface area contributed by atoms with E-state index < -0.39 is 10.7 Å². The standard InChI is InChI=1S/C15H13FN6O3/c1-25-14-6-12-9(5-13(14)22(23)24)15(19-7-18-12)21-20-8-2-3-10(16)11(17)4-8/h2-7,20H,17H2,1H3,(H,18,19,21). The Bertz CT molecular complexity index is 965. The number of nitrogens with zero attached hydrogens (tertiary/aromatic N) is 3. The average molecular weight is 344 g/mol. The van der Waals surface area contributed by atoms with Crippen molar-refractivity contribution in [1.82, 2.24) is 9.97 Å². The van der Waals surface area contributed by atoms with Crippen molar-refractivity contribution in [3.63, 3.8) is 0 Å². The molecule has 3 rings (SSSR count). The minimum Gasteiger partial charge on any atom is -0.490 e. The number of rotatable bonds is 5. The molecule has 0 radical (unpaired) electrons. The van der Waals surface area contributed by atoms with Crippen LogP contribution in [0.1, 0.15) is 0 Å². The molecular formula is C15H13FN6O3. The predicted molar refractivity (Wildman–Crippen MR) is 90.8 cm³/mol. The molecule has 25 heavy (non-hydrogen) atoms. The van der Waals surface area contributed by atoms with Crippen molar-refractivity contribution in [3.05, 3.63) is 52.6 Å². The van der Waals surface area contributed by atoms with Gasteiger partial charge in [-0.15, -0.1) is 0 Å². The summed E-state index contributed by atoms with van der Waals surface area (Å²) in [5, 5.41) is 11.6. The minimum absolute atomic E-state index is 0.0141. The molecular weight excluding hydrogens is 331 g/mol. The van der Waals surface area contributed by atoms with Crippen LogP contribution in [0.5, 0.6) is 5.75 Å². The molecule has 0 spiro atoms. The van der Waals surface area contributed by atoms with E-state index in [-0.39, 0.29) is 17.1 Å². The molecule has 2 aromatic carbocycles. The molecule has 0 saturated heterocycles. The molecule has 0 bridgehead atoms. The van der Waals surface area contributed by atoms with Gasteiger partial charge in [-0.2, -0.15) is 0 Å². The molecule has 128 valence electrons. The Balaban J connectivity index is 1.96. The molecule has 10 heteroatoms. The van der Waals surface area contributed by atoms with Crippen LogP contribution >= 0.6 is 0 Å². The van der Waals surface area contributed by atoms with Crippen LogP contribution in [0.2, 0.25) is 0 Å². The highest BCUT2D eigenvalue weighted by Gasteiger charge is 2.18. The van der Waals surface area contributed by atoms with Gasteiger partial charge in [0.2, 0.25) is 0 Å². The number of nitro benzene ring substituents is 1. The largest absolute Gasteiger partial charge is 0.490 e. The van der Waals surface area contributed by atoms with Gasteiger partial charge in [0.25, 0.3) is 0 Å². The van der Waals surface area contributed by atoms with Gasteiger partial charge in [-0.25, -0.2) is 14.4 Å². The Labute approximate surface area is 140 Å². The number of benzene rings is 2. The Kier molecular flexibility index (Phi) is 4.16. The van der Waals surface area contributed by atoms with Crippen molar-refractivity contribution in [2.45, 2.75) is 0 Å². The fraction of sp³-hybridized carbons (Fsp3) is 0.0667. The van der Waals surface area contributed by atoms with E-state index in [4.69, 9.17) is 10.5 Å². The summed E-state index contributed by atoms with van der Waals surface area (Å²) in [7, 11) is 1.34. The second-order valence-electron chi connectivity index (χ2n) is 5.01. The normalized spacial score (nSPS) is 10.5. The maximum absolute atomic E-state index is 13.2. The molecule has 0 saturated carbocycles. The first-order valence-electron chi connectivity index (χ1n) is 7.04. The zero-order chi connectivity index (χ0) is 18.0. The highest BCUT2D eigenvalue weighted by Crippen LogP contribution is 2.33. The lowest BCUT2D eigenvalue weighted by Gasteiger charge is -2.12. The first-order chi connectivity index (χ1) is 12.0. The summed E-state index contributed by atoms with van der Waals surface area (Å²) < 4.78 is 18.2. The summed E-state index contributed by atoms with van der Waals surface area (Å²) in [6.07, 6.45) is 1.30. The van der Waals surface area contributed by atoms with E-state index >= 15 is 0 Å². The molecule has 9 nitrogen and oxygen atoms in total. The van der Waals surface area contributed by atoms with Gasteiger partial charge in [-0.3, -0.25) is 21.0 Å². The number of nitro groups is 1. The van der Waals surface area contributed by atoms with Crippen LogP contribution in [0.4, 0.5) is 27.3 Å². The summed E-state index contributed by atoms with van der Waals surface area (Å²) in [5.74, 6) is -0.124. The Hall–Kier alpha value is -3.69. The fourth-order valence-corrected chi connectivity index (χ4v) is 2.23. The van der Waals surface area contributed by atoms with Crippen molar-refractivity contribution in [2.24, 2.45) is 0 Å². The van der Waals surface area contributed by atoms with Crippen LogP contribution in [0.15, 0.2) is 36.7 Å². The van der Waals surface area contributed by atoms with Crippen LogP contribution in [-0.2, 0) is 0 Å². The number of aromatic nitrogens is 2. The zero-order valence-electron chi connectivity index (χ0n) is 13.0. The summed E-state index contributed by atoms with van der Waals surface area (Å²) in [5.41, 5.74) is 11.9. The maximum Gasteiger partial charge on any atom is 0.311 e. The van der Waals surface area contributed by atoms with E-state index in [1.165, 1.54) is 43.8 Å². The predicted octanol–water partition coefficient (Wildman–Crippen LogP) is 2.71. The third-order valence-electron chi connectivity index (χ3n) is 3.45. The Morgan fingerprint density at radius 3 is 2.72 bits per heavy atom. The molecule has 4 N–H and O–H groups in total. The van der Waals surface area contributed by atoms with E-state index in [2.05, 4.69) is 20.8 Å². The number of nitrogens with one attached hydrogen (secondary N) is 2. The first kappa shape index (κ1) is 16.2. The van der Waals surface area contributed by atoms with Gasteiger partial charge in [-0.05, 0) is 18.2 Å². The molecule has 0 aliphatic rings. The van der Waals surface area contributed by atoms with Crippen molar-refractivity contribution in [2.75, 3.05) is 23.7 Å². The highest BCUT2D eigenvalue weighted by atomic mass is 19.1. The van der Waals surface area contributed by atoms with Gasteiger partial charge < -0.3 is 10.5 Å². The van der Waals surface area contributed by atoms with Crippen molar-refractivity contribution >= 4 is 33.8 Å². The number of hydrogen-bond donors (Lipinski definition) is 3. The van der Waals surface area contributed by atoms with Crippen molar-refractivity contribution in [3.8, 4) is 5.75 Å². The van der Waals surface area contributed by atoms with Crippen LogP contribution < -0.4 is 21.3 Å². The number of hydrogen-bond acceptors (Lipinski definition) is 8. The molecule has 0 atom stereocenters. The SMILES string of the molecule is COc1cc2ncnc(NNc3ccc(F)c(N)c3)c2cc1[N+](=O)[O-]. The number of methoxy groups -OCH3 is 1. The fourth-order valence-electron chi connectivity index (χ4n) is 2.23. The van der Waals surface area contributed by atoms with E-state index in [1.807, 2.05) is 0 Å². The smallest absolute Gasteiger partial charge is 0.311 e. The van der Waals surface area contributed by atoms with Gasteiger partial charge in [0, 0.05) is 12.1 Å². The summed E-state index contributed by atoms with van der Waals surface area (Å²) in [6, 6.07) is 6.87. The highest BCUT2D eigenvalue weighted by molar-refractivity contribution is 5.92. The van der Waals surface area contributed by atoms with Gasteiger partial charge in [0.15, 0.2) is 11.6 Å². The zero-order valence-corrected chi connectivity index (χ0v) is 13.0. The number of halogens is 1. The van der Waals surface area contributed by atoms with E-state index in [1.54, 1.807) is 0 Å². The van der Waals surface area contributed by atoms with E-state index in [9.17, 15) is 14.5 Å². The molecule has 0 amide bonds. The first-order valence-corrected chi connectivity index (χ1v) is 7.04. The van der Waals surface area contributed by atoms with E-state index in [0.29, 0.717) is 22.4 Å². The van der Waals surface area contributed by atoms with E-state index in [0.717, 1.165) is 0 Å². The monoisotopic (exact) mass is 344 g/mol. The average Bonchev–Trinajstić information content (AvgIpc) is 2.61. The van der Waals surface area contributed by atoms with Gasteiger partial charge >= 0.3 is 5.69 Å². The summed E-state index contributed by atoms with van der Waals surface area (Å²) >= 11 is 0. The van der Waals surface area contributed by atoms with Gasteiger partial charge in [0.1, 0.15) is 12.1 Å².